The number of nitrogens with zero attached hydrogens (tertiary/aromatic N) is 1. The summed E-state index contributed by atoms with van der Waals surface area (Å²) in [6.45, 7) is 0. The molecule has 0 fully saturated rings. The largest absolute Gasteiger partial charge is 0.465 e. The Morgan fingerprint density at radius 2 is 2.27 bits per heavy atom. The van der Waals surface area contributed by atoms with E-state index >= 15 is 0 Å². The molecular formula is C10H9BrN2O2. The highest BCUT2D eigenvalue weighted by molar-refractivity contribution is 9.10. The molecule has 78 valence electrons. The van der Waals surface area contributed by atoms with Gasteiger partial charge in [0.2, 0.25) is 0 Å². The number of anilines is 1. The number of aromatic nitrogens is 1. The summed E-state index contributed by atoms with van der Waals surface area (Å²) in [5.74, 6) is 0.725. The summed E-state index contributed by atoms with van der Waals surface area (Å²) in [6.07, 6.45) is 2.17. The second-order valence-corrected chi connectivity index (χ2v) is 3.87. The quantitative estimate of drug-likeness (QED) is 0.875. The van der Waals surface area contributed by atoms with Gasteiger partial charge in [-0.05, 0) is 28.1 Å². The molecule has 2 heterocycles. The van der Waals surface area contributed by atoms with Gasteiger partial charge in [0, 0.05) is 11.8 Å². The Kier molecular flexibility index (Phi) is 2.75. The molecular weight excluding hydrogens is 260 g/mol. The molecule has 0 spiro atoms. The highest BCUT2D eigenvalue weighted by Crippen LogP contribution is 2.31. The number of aliphatic hydroxyl groups is 1. The molecule has 2 aromatic heterocycles. The van der Waals surface area contributed by atoms with Crippen molar-refractivity contribution >= 4 is 21.7 Å². The zero-order valence-corrected chi connectivity index (χ0v) is 9.31. The van der Waals surface area contributed by atoms with Gasteiger partial charge in [-0.15, -0.1) is 0 Å². The Labute approximate surface area is 94.9 Å². The van der Waals surface area contributed by atoms with E-state index in [2.05, 4.69) is 20.9 Å². The summed E-state index contributed by atoms with van der Waals surface area (Å²) in [7, 11) is 0. The van der Waals surface area contributed by atoms with Crippen LogP contribution in [0.15, 0.2) is 39.5 Å². The first-order chi connectivity index (χ1) is 7.20. The van der Waals surface area contributed by atoms with Gasteiger partial charge in [-0.1, -0.05) is 6.07 Å². The lowest BCUT2D eigenvalue weighted by Gasteiger charge is -2.10. The van der Waals surface area contributed by atoms with Crippen LogP contribution in [0.4, 0.5) is 5.82 Å². The molecule has 5 heteroatoms. The number of rotatable bonds is 2. The average Bonchev–Trinajstić information content (AvgIpc) is 2.64. The molecule has 2 aromatic rings. The third kappa shape index (κ3) is 1.88. The lowest BCUT2D eigenvalue weighted by atomic mass is 10.1. The number of halogens is 1. The molecule has 1 unspecified atom stereocenters. The summed E-state index contributed by atoms with van der Waals surface area (Å²) in [4.78, 5) is 3.90. The standard InChI is InChI=1S/C10H9BrN2O2/c11-7-3-5-15-9(7)8(14)6-2-1-4-13-10(6)12/h1-5,8,14H,(H2,12,13). The fourth-order valence-corrected chi connectivity index (χ4v) is 1.72. The maximum Gasteiger partial charge on any atom is 0.151 e. The van der Waals surface area contributed by atoms with Crippen LogP contribution in [-0.2, 0) is 0 Å². The summed E-state index contributed by atoms with van der Waals surface area (Å²) in [5.41, 5.74) is 6.18. The molecule has 2 rings (SSSR count). The normalized spacial score (nSPS) is 12.7. The molecule has 0 amide bonds. The first-order valence-electron chi connectivity index (χ1n) is 4.31. The maximum atomic E-state index is 10.00. The van der Waals surface area contributed by atoms with Crippen LogP contribution in [0.3, 0.4) is 0 Å². The first-order valence-corrected chi connectivity index (χ1v) is 5.11. The van der Waals surface area contributed by atoms with Crippen molar-refractivity contribution in [3.8, 4) is 0 Å². The van der Waals surface area contributed by atoms with Crippen LogP contribution in [0.2, 0.25) is 0 Å². The van der Waals surface area contributed by atoms with Crippen molar-refractivity contribution in [3.63, 3.8) is 0 Å². The van der Waals surface area contributed by atoms with Crippen LogP contribution in [0, 0.1) is 0 Å². The third-order valence-electron chi connectivity index (χ3n) is 2.06. The minimum atomic E-state index is -0.900. The number of pyridine rings is 1. The Hall–Kier alpha value is -1.33. The minimum absolute atomic E-state index is 0.299. The number of hydrogen-bond acceptors (Lipinski definition) is 4. The zero-order chi connectivity index (χ0) is 10.8. The van der Waals surface area contributed by atoms with Crippen LogP contribution in [0.5, 0.6) is 0 Å². The predicted octanol–water partition coefficient (Wildman–Crippen LogP) is 2.10. The Balaban J connectivity index is 2.41. The van der Waals surface area contributed by atoms with Gasteiger partial charge in [-0.2, -0.15) is 0 Å². The molecule has 15 heavy (non-hydrogen) atoms. The Morgan fingerprint density at radius 3 is 2.87 bits per heavy atom. The SMILES string of the molecule is Nc1ncccc1C(O)c1occc1Br. The topological polar surface area (TPSA) is 72.3 Å². The summed E-state index contributed by atoms with van der Waals surface area (Å²) < 4.78 is 5.86. The van der Waals surface area contributed by atoms with E-state index in [1.54, 1.807) is 24.4 Å². The highest BCUT2D eigenvalue weighted by atomic mass is 79.9. The molecule has 1 atom stereocenters. The van der Waals surface area contributed by atoms with Crippen molar-refractivity contribution in [2.45, 2.75) is 6.10 Å². The van der Waals surface area contributed by atoms with Crippen LogP contribution >= 0.6 is 15.9 Å². The monoisotopic (exact) mass is 268 g/mol. The van der Waals surface area contributed by atoms with E-state index in [4.69, 9.17) is 10.2 Å². The number of nitrogens with two attached hydrogens (primary N) is 1. The highest BCUT2D eigenvalue weighted by Gasteiger charge is 2.19. The van der Waals surface area contributed by atoms with E-state index in [1.165, 1.54) is 6.26 Å². The molecule has 0 aliphatic rings. The molecule has 0 saturated heterocycles. The lowest BCUT2D eigenvalue weighted by Crippen LogP contribution is -2.04. The summed E-state index contributed by atoms with van der Waals surface area (Å²) in [6, 6.07) is 5.14. The number of aliphatic hydroxyl groups excluding tert-OH is 1. The smallest absolute Gasteiger partial charge is 0.151 e. The zero-order valence-electron chi connectivity index (χ0n) is 7.72. The van der Waals surface area contributed by atoms with Crippen molar-refractivity contribution in [3.05, 3.63) is 46.5 Å². The third-order valence-corrected chi connectivity index (χ3v) is 2.71. The molecule has 0 aliphatic heterocycles. The van der Waals surface area contributed by atoms with Crippen LogP contribution in [-0.4, -0.2) is 10.1 Å². The lowest BCUT2D eigenvalue weighted by molar-refractivity contribution is 0.188. The fraction of sp³-hybridized carbons (Fsp3) is 0.100. The first kappa shape index (κ1) is 10.2. The molecule has 0 bridgehead atoms. The van der Waals surface area contributed by atoms with Gasteiger partial charge >= 0.3 is 0 Å². The molecule has 0 saturated carbocycles. The van der Waals surface area contributed by atoms with E-state index < -0.39 is 6.10 Å². The van der Waals surface area contributed by atoms with Crippen molar-refractivity contribution in [2.24, 2.45) is 0 Å². The molecule has 4 nitrogen and oxygen atoms in total. The van der Waals surface area contributed by atoms with Gasteiger partial charge in [-0.3, -0.25) is 0 Å². The van der Waals surface area contributed by atoms with Crippen LogP contribution < -0.4 is 5.73 Å². The van der Waals surface area contributed by atoms with Crippen molar-refractivity contribution in [1.82, 2.24) is 4.98 Å². The van der Waals surface area contributed by atoms with Crippen molar-refractivity contribution in [2.75, 3.05) is 5.73 Å². The fourth-order valence-electron chi connectivity index (χ4n) is 1.30. The van der Waals surface area contributed by atoms with E-state index in [0.29, 0.717) is 21.6 Å². The van der Waals surface area contributed by atoms with Gasteiger partial charge in [0.05, 0.1) is 10.7 Å². The Morgan fingerprint density at radius 1 is 1.47 bits per heavy atom. The molecule has 3 N–H and O–H groups in total. The van der Waals surface area contributed by atoms with E-state index in [-0.39, 0.29) is 0 Å². The molecule has 0 aliphatic carbocycles. The number of nitrogen functional groups attached to an aromatic ring is 1. The Bertz CT molecular complexity index is 470. The van der Waals surface area contributed by atoms with E-state index in [9.17, 15) is 5.11 Å². The van der Waals surface area contributed by atoms with Crippen molar-refractivity contribution in [1.29, 1.82) is 0 Å². The second kappa shape index (κ2) is 4.04. The number of furan rings is 1. The maximum absolute atomic E-state index is 10.00. The molecule has 0 aromatic carbocycles. The summed E-state index contributed by atoms with van der Waals surface area (Å²) >= 11 is 3.27. The number of hydrogen-bond donors (Lipinski definition) is 2. The van der Waals surface area contributed by atoms with Gasteiger partial charge in [0.25, 0.3) is 0 Å². The molecule has 0 radical (unpaired) electrons. The minimum Gasteiger partial charge on any atom is -0.465 e. The second-order valence-electron chi connectivity index (χ2n) is 3.01. The van der Waals surface area contributed by atoms with E-state index in [1.807, 2.05) is 0 Å². The van der Waals surface area contributed by atoms with Crippen LogP contribution in [0.25, 0.3) is 0 Å². The summed E-state index contributed by atoms with van der Waals surface area (Å²) in [5, 5.41) is 10.00. The van der Waals surface area contributed by atoms with Crippen molar-refractivity contribution < 1.29 is 9.52 Å². The van der Waals surface area contributed by atoms with Gasteiger partial charge in [0.15, 0.2) is 5.76 Å². The van der Waals surface area contributed by atoms with Gasteiger partial charge < -0.3 is 15.3 Å². The van der Waals surface area contributed by atoms with Gasteiger partial charge in [0.1, 0.15) is 11.9 Å². The van der Waals surface area contributed by atoms with Crippen LogP contribution in [0.1, 0.15) is 17.4 Å². The van der Waals surface area contributed by atoms with E-state index in [0.717, 1.165) is 0 Å². The average molecular weight is 269 g/mol. The van der Waals surface area contributed by atoms with Gasteiger partial charge in [-0.25, -0.2) is 4.98 Å². The predicted molar refractivity (Wildman–Crippen MR) is 59.1 cm³/mol.